The van der Waals surface area contributed by atoms with Gasteiger partial charge in [0.05, 0.1) is 5.92 Å². The van der Waals surface area contributed by atoms with Gasteiger partial charge in [0.25, 0.3) is 0 Å². The number of nitrogens with two attached hydrogens (primary N) is 2. The molecule has 0 spiro atoms. The highest BCUT2D eigenvalue weighted by Crippen LogP contribution is 2.63. The molecule has 0 fully saturated rings. The summed E-state index contributed by atoms with van der Waals surface area (Å²) in [6.07, 6.45) is 0. The van der Waals surface area contributed by atoms with Crippen molar-refractivity contribution in [2.75, 3.05) is 0 Å². The first-order chi connectivity index (χ1) is 11.2. The quantitative estimate of drug-likeness (QED) is 0.571. The Bertz CT molecular complexity index is 791. The average Bonchev–Trinajstić information content (AvgIpc) is 2.52. The van der Waals surface area contributed by atoms with Gasteiger partial charge >= 0.3 is 7.60 Å². The molecule has 2 amide bonds. The maximum absolute atomic E-state index is 12.4. The molecule has 126 valence electrons. The van der Waals surface area contributed by atoms with Crippen molar-refractivity contribution in [1.29, 1.82) is 0 Å². The van der Waals surface area contributed by atoms with Crippen LogP contribution in [-0.2, 0) is 19.3 Å². The molecule has 0 radical (unpaired) electrons. The molecule has 0 heterocycles. The second-order valence-corrected chi connectivity index (χ2v) is 7.08. The van der Waals surface area contributed by atoms with E-state index in [2.05, 4.69) is 0 Å². The van der Waals surface area contributed by atoms with Crippen LogP contribution in [0.3, 0.4) is 0 Å². The predicted octanol–water partition coefficient (Wildman–Crippen LogP) is 0.814. The van der Waals surface area contributed by atoms with Gasteiger partial charge in [-0.15, -0.1) is 0 Å². The molecule has 2 aromatic carbocycles. The summed E-state index contributed by atoms with van der Waals surface area (Å²) in [7, 11) is -5.24. The van der Waals surface area contributed by atoms with Gasteiger partial charge in [-0.3, -0.25) is 14.2 Å². The Morgan fingerprint density at radius 2 is 1.38 bits per heavy atom. The minimum atomic E-state index is -5.24. The molecule has 24 heavy (non-hydrogen) atoms. The first-order valence-corrected chi connectivity index (χ1v) is 8.59. The Labute approximate surface area is 138 Å². The molecule has 0 saturated carbocycles. The van der Waals surface area contributed by atoms with Gasteiger partial charge in [-0.05, 0) is 11.1 Å². The van der Waals surface area contributed by atoms with Crippen LogP contribution >= 0.6 is 7.60 Å². The van der Waals surface area contributed by atoms with Crippen molar-refractivity contribution in [3.8, 4) is 0 Å². The number of primary amides is 2. The third kappa shape index (κ3) is 2.85. The van der Waals surface area contributed by atoms with E-state index < -0.39 is 30.5 Å². The number of amides is 2. The largest absolute Gasteiger partial charge is 0.369 e. The highest BCUT2D eigenvalue weighted by atomic mass is 31.2. The zero-order valence-corrected chi connectivity index (χ0v) is 13.5. The Kier molecular flexibility index (Phi) is 4.89. The van der Waals surface area contributed by atoms with E-state index in [9.17, 15) is 23.9 Å². The Morgan fingerprint density at radius 3 is 1.75 bits per heavy atom. The molecule has 2 unspecified atom stereocenters. The van der Waals surface area contributed by atoms with E-state index in [0.717, 1.165) is 0 Å². The van der Waals surface area contributed by atoms with E-state index in [1.165, 1.54) is 36.4 Å². The number of hydrogen-bond acceptors (Lipinski definition) is 3. The van der Waals surface area contributed by atoms with Crippen molar-refractivity contribution in [3.05, 3.63) is 71.8 Å². The molecule has 7 nitrogen and oxygen atoms in total. The second kappa shape index (κ2) is 6.57. The van der Waals surface area contributed by atoms with Gasteiger partial charge in [0.1, 0.15) is 0 Å². The molecular weight excluding hydrogens is 331 g/mol. The molecule has 0 bridgehead atoms. The van der Waals surface area contributed by atoms with Crippen molar-refractivity contribution < 1.29 is 23.9 Å². The summed E-state index contributed by atoms with van der Waals surface area (Å²) in [5.41, 5.74) is 11.0. The van der Waals surface area contributed by atoms with Gasteiger partial charge in [-0.2, -0.15) is 0 Å². The van der Waals surface area contributed by atoms with E-state index in [0.29, 0.717) is 0 Å². The number of rotatable bonds is 6. The molecular formula is C16H17N2O5P. The smallest absolute Gasteiger partial charge is 0.346 e. The van der Waals surface area contributed by atoms with Gasteiger partial charge in [0.15, 0.2) is 5.16 Å². The third-order valence-electron chi connectivity index (χ3n) is 3.88. The fourth-order valence-corrected chi connectivity index (χ4v) is 4.27. The molecule has 0 saturated heterocycles. The summed E-state index contributed by atoms with van der Waals surface area (Å²) in [5.74, 6) is -4.01. The minimum Gasteiger partial charge on any atom is -0.369 e. The van der Waals surface area contributed by atoms with E-state index in [1.807, 2.05) is 0 Å². The Morgan fingerprint density at radius 1 is 0.917 bits per heavy atom. The maximum Gasteiger partial charge on any atom is 0.346 e. The molecule has 0 aliphatic carbocycles. The lowest BCUT2D eigenvalue weighted by Gasteiger charge is -2.37. The van der Waals surface area contributed by atoms with Crippen molar-refractivity contribution in [1.82, 2.24) is 0 Å². The van der Waals surface area contributed by atoms with Gasteiger partial charge in [-0.25, -0.2) is 0 Å². The van der Waals surface area contributed by atoms with Crippen LogP contribution in [0.4, 0.5) is 0 Å². The summed E-state index contributed by atoms with van der Waals surface area (Å²) in [6.45, 7) is 0. The lowest BCUT2D eigenvalue weighted by atomic mass is 9.79. The SMILES string of the molecule is NC(=O)C(c1ccccc1)C(C(N)=O)(c1ccccc1)P(=O)(O)O. The molecule has 2 rings (SSSR count). The molecule has 2 aromatic rings. The first kappa shape index (κ1) is 17.9. The van der Waals surface area contributed by atoms with Gasteiger partial charge in [-0.1, -0.05) is 60.7 Å². The number of carbonyl (C=O) groups excluding carboxylic acids is 2. The third-order valence-corrected chi connectivity index (χ3v) is 5.54. The summed E-state index contributed by atoms with van der Waals surface area (Å²) in [5, 5.41) is -2.60. The number of benzene rings is 2. The van der Waals surface area contributed by atoms with Gasteiger partial charge in [0, 0.05) is 0 Å². The van der Waals surface area contributed by atoms with Crippen LogP contribution < -0.4 is 11.5 Å². The van der Waals surface area contributed by atoms with Crippen molar-refractivity contribution >= 4 is 19.4 Å². The van der Waals surface area contributed by atoms with Crippen LogP contribution in [0.1, 0.15) is 17.0 Å². The van der Waals surface area contributed by atoms with Crippen LogP contribution in [0.15, 0.2) is 60.7 Å². The fourth-order valence-electron chi connectivity index (χ4n) is 2.88. The standard InChI is InChI=1S/C16H17N2O5P/c17-14(19)13(11-7-3-1-4-8-11)16(15(18)20,24(21,22)23)12-9-5-2-6-10-12/h1-10,13H,(H2,17,19)(H2,18,20)(H2,21,22,23). The van der Waals surface area contributed by atoms with E-state index in [-0.39, 0.29) is 11.1 Å². The normalized spacial score (nSPS) is 15.2. The maximum atomic E-state index is 12.4. The van der Waals surface area contributed by atoms with E-state index in [1.54, 1.807) is 24.3 Å². The molecule has 2 atom stereocenters. The molecule has 8 heteroatoms. The van der Waals surface area contributed by atoms with E-state index >= 15 is 0 Å². The summed E-state index contributed by atoms with van der Waals surface area (Å²) in [6, 6.07) is 15.0. The van der Waals surface area contributed by atoms with Crippen LogP contribution in [0.2, 0.25) is 0 Å². The predicted molar refractivity (Wildman–Crippen MR) is 87.7 cm³/mol. The zero-order valence-electron chi connectivity index (χ0n) is 12.6. The van der Waals surface area contributed by atoms with Crippen LogP contribution in [-0.4, -0.2) is 21.6 Å². The minimum absolute atomic E-state index is 0.0708. The second-order valence-electron chi connectivity index (χ2n) is 5.29. The molecule has 6 N–H and O–H groups in total. The Balaban J connectivity index is 2.90. The lowest BCUT2D eigenvalue weighted by molar-refractivity contribution is -0.128. The Hall–Kier alpha value is -2.47. The van der Waals surface area contributed by atoms with E-state index in [4.69, 9.17) is 11.5 Å². The van der Waals surface area contributed by atoms with Crippen LogP contribution in [0.25, 0.3) is 0 Å². The summed E-state index contributed by atoms with van der Waals surface area (Å²) in [4.78, 5) is 44.5. The molecule has 0 aliphatic rings. The monoisotopic (exact) mass is 348 g/mol. The number of carbonyl (C=O) groups is 2. The van der Waals surface area contributed by atoms with Crippen LogP contribution in [0, 0.1) is 0 Å². The zero-order chi connectivity index (χ0) is 18.0. The van der Waals surface area contributed by atoms with Crippen molar-refractivity contribution in [2.24, 2.45) is 11.5 Å². The number of hydrogen-bond donors (Lipinski definition) is 4. The highest BCUT2D eigenvalue weighted by molar-refractivity contribution is 7.54. The fraction of sp³-hybridized carbons (Fsp3) is 0.125. The van der Waals surface area contributed by atoms with Crippen LogP contribution in [0.5, 0.6) is 0 Å². The van der Waals surface area contributed by atoms with Crippen molar-refractivity contribution in [3.63, 3.8) is 0 Å². The summed E-state index contributed by atoms with van der Waals surface area (Å²) >= 11 is 0. The average molecular weight is 348 g/mol. The first-order valence-electron chi connectivity index (χ1n) is 6.98. The molecule has 0 aliphatic heterocycles. The van der Waals surface area contributed by atoms with Gasteiger partial charge in [0.2, 0.25) is 11.8 Å². The lowest BCUT2D eigenvalue weighted by Crippen LogP contribution is -2.50. The topological polar surface area (TPSA) is 144 Å². The van der Waals surface area contributed by atoms with Crippen molar-refractivity contribution in [2.45, 2.75) is 11.1 Å². The van der Waals surface area contributed by atoms with Gasteiger partial charge < -0.3 is 21.3 Å². The summed E-state index contributed by atoms with van der Waals surface area (Å²) < 4.78 is 12.4. The molecule has 0 aromatic heterocycles. The highest BCUT2D eigenvalue weighted by Gasteiger charge is 2.61.